The largest absolute Gasteiger partial charge is 0.508 e. The molecule has 0 unspecified atom stereocenters. The fraction of sp³-hybridized carbons (Fsp3) is 0.118. The summed E-state index contributed by atoms with van der Waals surface area (Å²) >= 11 is 5.82. The zero-order valence-electron chi connectivity index (χ0n) is 12.9. The third-order valence-corrected chi connectivity index (χ3v) is 3.86. The van der Waals surface area contributed by atoms with Crippen molar-refractivity contribution in [2.75, 3.05) is 5.32 Å². The molecule has 0 atom stereocenters. The third kappa shape index (κ3) is 3.38. The van der Waals surface area contributed by atoms with Crippen molar-refractivity contribution in [2.45, 2.75) is 13.5 Å². The second-order valence-electron chi connectivity index (χ2n) is 5.27. The molecular formula is C17H15ClN4O2. The van der Waals surface area contributed by atoms with Gasteiger partial charge in [-0.1, -0.05) is 35.0 Å². The van der Waals surface area contributed by atoms with Gasteiger partial charge in [0, 0.05) is 16.3 Å². The SMILES string of the molecule is Cc1c(C(=O)Nc2ccc(Cl)cc2)nnn1Cc1ccccc1O. The van der Waals surface area contributed by atoms with E-state index in [1.54, 1.807) is 54.1 Å². The number of hydrogen-bond donors (Lipinski definition) is 2. The Labute approximate surface area is 143 Å². The number of phenolic OH excluding ortho intramolecular Hbond substituents is 1. The third-order valence-electron chi connectivity index (χ3n) is 3.61. The van der Waals surface area contributed by atoms with Crippen molar-refractivity contribution in [3.05, 3.63) is 70.5 Å². The number of nitrogens with one attached hydrogen (secondary N) is 1. The van der Waals surface area contributed by atoms with Gasteiger partial charge in [0.15, 0.2) is 5.69 Å². The Balaban J connectivity index is 1.78. The van der Waals surface area contributed by atoms with Gasteiger partial charge in [-0.15, -0.1) is 5.10 Å². The molecule has 2 aromatic carbocycles. The molecule has 1 amide bonds. The molecule has 122 valence electrons. The lowest BCUT2D eigenvalue weighted by molar-refractivity contribution is 0.102. The van der Waals surface area contributed by atoms with Crippen LogP contribution in [-0.2, 0) is 6.54 Å². The number of phenols is 1. The highest BCUT2D eigenvalue weighted by Gasteiger charge is 2.17. The molecule has 0 saturated carbocycles. The zero-order valence-corrected chi connectivity index (χ0v) is 13.7. The average molecular weight is 343 g/mol. The van der Waals surface area contributed by atoms with Crippen LogP contribution in [0.1, 0.15) is 21.7 Å². The quantitative estimate of drug-likeness (QED) is 0.762. The highest BCUT2D eigenvalue weighted by molar-refractivity contribution is 6.30. The molecule has 0 aliphatic heterocycles. The van der Waals surface area contributed by atoms with Gasteiger partial charge in [0.05, 0.1) is 12.2 Å². The maximum atomic E-state index is 12.3. The van der Waals surface area contributed by atoms with Crippen molar-refractivity contribution in [2.24, 2.45) is 0 Å². The normalized spacial score (nSPS) is 10.6. The minimum Gasteiger partial charge on any atom is -0.508 e. The Morgan fingerprint density at radius 1 is 1.21 bits per heavy atom. The first-order valence-corrected chi connectivity index (χ1v) is 7.66. The summed E-state index contributed by atoms with van der Waals surface area (Å²) in [6.07, 6.45) is 0. The van der Waals surface area contributed by atoms with E-state index in [2.05, 4.69) is 15.6 Å². The van der Waals surface area contributed by atoms with E-state index in [4.69, 9.17) is 11.6 Å². The Bertz CT molecular complexity index is 875. The predicted octanol–water partition coefficient (Wildman–Crippen LogP) is 3.25. The summed E-state index contributed by atoms with van der Waals surface area (Å²) in [6.45, 7) is 2.09. The van der Waals surface area contributed by atoms with Gasteiger partial charge in [-0.25, -0.2) is 4.68 Å². The highest BCUT2D eigenvalue weighted by atomic mass is 35.5. The Kier molecular flexibility index (Phi) is 4.48. The van der Waals surface area contributed by atoms with E-state index >= 15 is 0 Å². The van der Waals surface area contributed by atoms with Crippen LogP contribution in [0.2, 0.25) is 5.02 Å². The van der Waals surface area contributed by atoms with E-state index in [0.29, 0.717) is 28.5 Å². The lowest BCUT2D eigenvalue weighted by atomic mass is 10.2. The van der Waals surface area contributed by atoms with Crippen molar-refractivity contribution in [3.8, 4) is 5.75 Å². The number of rotatable bonds is 4. The van der Waals surface area contributed by atoms with E-state index in [9.17, 15) is 9.90 Å². The number of hydrogen-bond acceptors (Lipinski definition) is 4. The number of carbonyl (C=O) groups is 1. The van der Waals surface area contributed by atoms with Crippen LogP contribution in [0.5, 0.6) is 5.75 Å². The molecule has 3 rings (SSSR count). The standard InChI is InChI=1S/C17H15ClN4O2/c1-11-16(17(24)19-14-8-6-13(18)7-9-14)20-21-22(11)10-12-4-2-3-5-15(12)23/h2-9,23H,10H2,1H3,(H,19,24). The summed E-state index contributed by atoms with van der Waals surface area (Å²) in [5.74, 6) is -0.169. The number of aromatic hydroxyl groups is 1. The zero-order chi connectivity index (χ0) is 17.1. The molecule has 3 aromatic rings. The minimum atomic E-state index is -0.349. The Morgan fingerprint density at radius 3 is 2.62 bits per heavy atom. The average Bonchev–Trinajstić information content (AvgIpc) is 2.93. The van der Waals surface area contributed by atoms with Crippen molar-refractivity contribution in [1.29, 1.82) is 0 Å². The molecule has 2 N–H and O–H groups in total. The molecule has 1 heterocycles. The van der Waals surface area contributed by atoms with Gasteiger partial charge < -0.3 is 10.4 Å². The molecule has 0 fully saturated rings. The van der Waals surface area contributed by atoms with E-state index in [0.717, 1.165) is 0 Å². The van der Waals surface area contributed by atoms with Crippen molar-refractivity contribution >= 4 is 23.2 Å². The monoisotopic (exact) mass is 342 g/mol. The number of halogens is 1. The summed E-state index contributed by atoms with van der Waals surface area (Å²) in [7, 11) is 0. The van der Waals surface area contributed by atoms with Crippen LogP contribution in [0.25, 0.3) is 0 Å². The fourth-order valence-electron chi connectivity index (χ4n) is 2.25. The van der Waals surface area contributed by atoms with E-state index in [1.165, 1.54) is 0 Å². The molecule has 6 nitrogen and oxygen atoms in total. The van der Waals surface area contributed by atoms with Crippen LogP contribution in [-0.4, -0.2) is 26.0 Å². The van der Waals surface area contributed by atoms with Crippen LogP contribution in [0.3, 0.4) is 0 Å². The van der Waals surface area contributed by atoms with Crippen molar-refractivity contribution in [3.63, 3.8) is 0 Å². The smallest absolute Gasteiger partial charge is 0.278 e. The molecule has 0 bridgehead atoms. The number of aromatic nitrogens is 3. The molecule has 0 saturated heterocycles. The second-order valence-corrected chi connectivity index (χ2v) is 5.71. The topological polar surface area (TPSA) is 80.0 Å². The van der Waals surface area contributed by atoms with E-state index < -0.39 is 0 Å². The van der Waals surface area contributed by atoms with Crippen LogP contribution in [0.4, 0.5) is 5.69 Å². The van der Waals surface area contributed by atoms with Gasteiger partial charge in [0.25, 0.3) is 5.91 Å². The number of anilines is 1. The number of carbonyl (C=O) groups excluding carboxylic acids is 1. The van der Waals surface area contributed by atoms with Gasteiger partial charge in [-0.2, -0.15) is 0 Å². The van der Waals surface area contributed by atoms with Crippen LogP contribution >= 0.6 is 11.6 Å². The first-order chi connectivity index (χ1) is 11.5. The Morgan fingerprint density at radius 2 is 1.92 bits per heavy atom. The second kappa shape index (κ2) is 6.72. The molecule has 0 aliphatic carbocycles. The van der Waals surface area contributed by atoms with Gasteiger partial charge in [0.1, 0.15) is 5.75 Å². The molecule has 0 aliphatic rings. The van der Waals surface area contributed by atoms with Gasteiger partial charge >= 0.3 is 0 Å². The van der Waals surface area contributed by atoms with Gasteiger partial charge in [-0.3, -0.25) is 4.79 Å². The number of amides is 1. The summed E-state index contributed by atoms with van der Waals surface area (Å²) in [5.41, 5.74) is 2.18. The van der Waals surface area contributed by atoms with Gasteiger partial charge in [0.2, 0.25) is 0 Å². The lowest BCUT2D eigenvalue weighted by Crippen LogP contribution is -2.14. The number of para-hydroxylation sites is 1. The molecule has 1 aromatic heterocycles. The van der Waals surface area contributed by atoms with Crippen LogP contribution < -0.4 is 5.32 Å². The molecular weight excluding hydrogens is 328 g/mol. The van der Waals surface area contributed by atoms with Gasteiger partial charge in [-0.05, 0) is 37.3 Å². The molecule has 7 heteroatoms. The fourth-order valence-corrected chi connectivity index (χ4v) is 2.38. The summed E-state index contributed by atoms with van der Waals surface area (Å²) in [4.78, 5) is 12.3. The summed E-state index contributed by atoms with van der Waals surface area (Å²) in [5, 5.41) is 21.1. The first kappa shape index (κ1) is 16.0. The number of benzene rings is 2. The predicted molar refractivity (Wildman–Crippen MR) is 91.4 cm³/mol. The summed E-state index contributed by atoms with van der Waals surface area (Å²) in [6, 6.07) is 13.8. The van der Waals surface area contributed by atoms with Crippen molar-refractivity contribution < 1.29 is 9.90 Å². The Hall–Kier alpha value is -2.86. The first-order valence-electron chi connectivity index (χ1n) is 7.28. The summed E-state index contributed by atoms with van der Waals surface area (Å²) < 4.78 is 1.58. The highest BCUT2D eigenvalue weighted by Crippen LogP contribution is 2.18. The molecule has 0 radical (unpaired) electrons. The maximum absolute atomic E-state index is 12.3. The van der Waals surface area contributed by atoms with Crippen LogP contribution in [0.15, 0.2) is 48.5 Å². The lowest BCUT2D eigenvalue weighted by Gasteiger charge is -2.06. The van der Waals surface area contributed by atoms with Crippen LogP contribution in [0, 0.1) is 6.92 Å². The number of nitrogens with zero attached hydrogens (tertiary/aromatic N) is 3. The van der Waals surface area contributed by atoms with E-state index in [1.807, 2.05) is 6.07 Å². The van der Waals surface area contributed by atoms with E-state index in [-0.39, 0.29) is 17.4 Å². The minimum absolute atomic E-state index is 0.180. The molecule has 0 spiro atoms. The maximum Gasteiger partial charge on any atom is 0.278 e. The molecule has 24 heavy (non-hydrogen) atoms. The van der Waals surface area contributed by atoms with Crippen molar-refractivity contribution in [1.82, 2.24) is 15.0 Å².